The fourth-order valence-corrected chi connectivity index (χ4v) is 5.34. The SMILES string of the molecule is O=C(OCc1ccc([N+](=O)[O-])cc1)C(=CCO)N1C(=O)C2N=C(Cc3cccs3)SC21. The number of aliphatic hydroxyl groups is 1. The predicted octanol–water partition coefficient (Wildman–Crippen LogP) is 2.50. The van der Waals surface area contributed by atoms with Gasteiger partial charge < -0.3 is 9.84 Å². The van der Waals surface area contributed by atoms with Crippen molar-refractivity contribution in [2.24, 2.45) is 4.99 Å². The molecule has 2 unspecified atom stereocenters. The van der Waals surface area contributed by atoms with Crippen LogP contribution in [0.5, 0.6) is 0 Å². The molecule has 2 aromatic rings. The van der Waals surface area contributed by atoms with Crippen LogP contribution in [0.4, 0.5) is 5.69 Å². The van der Waals surface area contributed by atoms with Crippen LogP contribution in [0.15, 0.2) is 58.5 Å². The number of carbonyl (C=O) groups excluding carboxylic acids is 2. The van der Waals surface area contributed by atoms with Crippen LogP contribution in [0.3, 0.4) is 0 Å². The van der Waals surface area contributed by atoms with Crippen molar-refractivity contribution in [1.29, 1.82) is 0 Å². The Morgan fingerprint density at radius 2 is 2.10 bits per heavy atom. The Bertz CT molecular complexity index is 1070. The van der Waals surface area contributed by atoms with E-state index in [4.69, 9.17) is 4.74 Å². The fraction of sp³-hybridized carbons (Fsp3) is 0.250. The van der Waals surface area contributed by atoms with Gasteiger partial charge in [0.05, 0.1) is 16.6 Å². The molecule has 0 radical (unpaired) electrons. The lowest BCUT2D eigenvalue weighted by Gasteiger charge is -2.41. The summed E-state index contributed by atoms with van der Waals surface area (Å²) in [5.74, 6) is -1.07. The van der Waals surface area contributed by atoms with E-state index in [1.165, 1.54) is 47.0 Å². The predicted molar refractivity (Wildman–Crippen MR) is 116 cm³/mol. The van der Waals surface area contributed by atoms with Gasteiger partial charge in [0.25, 0.3) is 11.6 Å². The molecule has 2 atom stereocenters. The first-order chi connectivity index (χ1) is 15.0. The second-order valence-electron chi connectivity index (χ2n) is 6.71. The lowest BCUT2D eigenvalue weighted by molar-refractivity contribution is -0.384. The highest BCUT2D eigenvalue weighted by Gasteiger charge is 2.54. The zero-order chi connectivity index (χ0) is 22.0. The number of thioether (sulfide) groups is 1. The van der Waals surface area contributed by atoms with E-state index >= 15 is 0 Å². The maximum Gasteiger partial charge on any atom is 0.355 e. The second-order valence-corrected chi connectivity index (χ2v) is 8.93. The van der Waals surface area contributed by atoms with Crippen molar-refractivity contribution in [1.82, 2.24) is 4.90 Å². The number of amides is 1. The van der Waals surface area contributed by atoms with Crippen LogP contribution < -0.4 is 0 Å². The zero-order valence-electron chi connectivity index (χ0n) is 16.0. The molecule has 0 spiro atoms. The number of nitrogens with zero attached hydrogens (tertiary/aromatic N) is 3. The van der Waals surface area contributed by atoms with E-state index in [9.17, 15) is 24.8 Å². The van der Waals surface area contributed by atoms with Crippen molar-refractivity contribution in [3.05, 3.63) is 74.1 Å². The molecule has 31 heavy (non-hydrogen) atoms. The van der Waals surface area contributed by atoms with Crippen LogP contribution in [0.25, 0.3) is 0 Å². The van der Waals surface area contributed by atoms with Gasteiger partial charge in [0.2, 0.25) is 0 Å². The first kappa shape index (κ1) is 21.2. The Kier molecular flexibility index (Phi) is 6.16. The van der Waals surface area contributed by atoms with E-state index in [0.29, 0.717) is 12.0 Å². The molecule has 160 valence electrons. The van der Waals surface area contributed by atoms with Crippen LogP contribution in [0.1, 0.15) is 10.4 Å². The smallest absolute Gasteiger partial charge is 0.355 e. The molecule has 2 aliphatic rings. The summed E-state index contributed by atoms with van der Waals surface area (Å²) in [5, 5.41) is 22.5. The molecule has 3 heterocycles. The summed E-state index contributed by atoms with van der Waals surface area (Å²) in [6.45, 7) is -0.556. The number of aliphatic imine (C=N–C) groups is 1. The molecule has 0 saturated carbocycles. The van der Waals surface area contributed by atoms with Crippen LogP contribution >= 0.6 is 23.1 Å². The molecule has 1 N–H and O–H groups in total. The van der Waals surface area contributed by atoms with Gasteiger partial charge in [-0.25, -0.2) is 4.79 Å². The van der Waals surface area contributed by atoms with Crippen LogP contribution in [0.2, 0.25) is 0 Å². The minimum atomic E-state index is -0.758. The molecule has 2 aliphatic heterocycles. The molecule has 1 amide bonds. The number of hydrogen-bond acceptors (Lipinski definition) is 9. The molecular formula is C20H17N3O6S2. The van der Waals surface area contributed by atoms with E-state index in [1.807, 2.05) is 17.5 Å². The molecule has 1 aromatic heterocycles. The zero-order valence-corrected chi connectivity index (χ0v) is 17.7. The molecule has 9 nitrogen and oxygen atoms in total. The van der Waals surface area contributed by atoms with Crippen LogP contribution in [0, 0.1) is 10.1 Å². The first-order valence-electron chi connectivity index (χ1n) is 9.28. The minimum absolute atomic E-state index is 0.0317. The summed E-state index contributed by atoms with van der Waals surface area (Å²) >= 11 is 3.04. The molecule has 11 heteroatoms. The van der Waals surface area contributed by atoms with Gasteiger partial charge in [-0.1, -0.05) is 17.8 Å². The number of nitro groups is 1. The number of fused-ring (bicyclic) bond motifs is 1. The van der Waals surface area contributed by atoms with E-state index in [-0.39, 0.29) is 29.3 Å². The third-order valence-electron chi connectivity index (χ3n) is 4.73. The van der Waals surface area contributed by atoms with Crippen molar-refractivity contribution in [2.45, 2.75) is 24.4 Å². The third kappa shape index (κ3) is 4.38. The number of rotatable bonds is 8. The molecule has 0 bridgehead atoms. The number of non-ortho nitro benzene ring substituents is 1. The van der Waals surface area contributed by atoms with Crippen molar-refractivity contribution in [3.63, 3.8) is 0 Å². The van der Waals surface area contributed by atoms with Crippen LogP contribution in [-0.2, 0) is 27.4 Å². The van der Waals surface area contributed by atoms with Gasteiger partial charge in [0, 0.05) is 23.4 Å². The summed E-state index contributed by atoms with van der Waals surface area (Å²) in [6, 6.07) is 9.03. The van der Waals surface area contributed by atoms with Gasteiger partial charge in [-0.15, -0.1) is 11.3 Å². The standard InChI is InChI=1S/C20H17N3O6S2/c24-8-7-15(20(26)29-11-12-3-5-13(6-4-12)23(27)28)22-18(25)17-19(22)31-16(21-17)10-14-2-1-9-30-14/h1-7,9,17,19,24H,8,10-11H2. The minimum Gasteiger partial charge on any atom is -0.456 e. The molecule has 1 fully saturated rings. The first-order valence-corrected chi connectivity index (χ1v) is 11.0. The number of aliphatic hydroxyl groups excluding tert-OH is 1. The Labute approximate surface area is 185 Å². The molecule has 1 saturated heterocycles. The normalized spacial score (nSPS) is 20.2. The third-order valence-corrected chi connectivity index (χ3v) is 6.84. The average molecular weight is 460 g/mol. The molecular weight excluding hydrogens is 442 g/mol. The molecule has 0 aliphatic carbocycles. The van der Waals surface area contributed by atoms with Gasteiger partial charge in [0.15, 0.2) is 6.04 Å². The monoisotopic (exact) mass is 459 g/mol. The lowest BCUT2D eigenvalue weighted by Crippen LogP contribution is -2.61. The summed E-state index contributed by atoms with van der Waals surface area (Å²) in [7, 11) is 0. The van der Waals surface area contributed by atoms with Crippen molar-refractivity contribution < 1.29 is 24.4 Å². The van der Waals surface area contributed by atoms with Crippen molar-refractivity contribution in [3.8, 4) is 0 Å². The number of thiophene rings is 1. The fourth-order valence-electron chi connectivity index (χ4n) is 3.22. The maximum atomic E-state index is 12.6. The highest BCUT2D eigenvalue weighted by atomic mass is 32.2. The summed E-state index contributed by atoms with van der Waals surface area (Å²) < 4.78 is 5.28. The Morgan fingerprint density at radius 3 is 2.74 bits per heavy atom. The second kappa shape index (κ2) is 9.00. The van der Waals surface area contributed by atoms with Gasteiger partial charge in [-0.2, -0.15) is 0 Å². The number of likely N-dealkylation sites (tertiary alicyclic amines) is 1. The Hall–Kier alpha value is -3.02. The van der Waals surface area contributed by atoms with E-state index in [2.05, 4.69) is 4.99 Å². The van der Waals surface area contributed by atoms with E-state index in [1.54, 1.807) is 11.3 Å². The number of ether oxygens (including phenoxy) is 1. The van der Waals surface area contributed by atoms with Crippen molar-refractivity contribution in [2.75, 3.05) is 6.61 Å². The summed E-state index contributed by atoms with van der Waals surface area (Å²) in [4.78, 5) is 42.4. The molecule has 1 aromatic carbocycles. The topological polar surface area (TPSA) is 122 Å². The lowest BCUT2D eigenvalue weighted by atomic mass is 10.1. The van der Waals surface area contributed by atoms with E-state index in [0.717, 1.165) is 9.92 Å². The highest BCUT2D eigenvalue weighted by Crippen LogP contribution is 2.42. The summed E-state index contributed by atoms with van der Waals surface area (Å²) in [5.41, 5.74) is 0.465. The number of nitro benzene ring substituents is 1. The van der Waals surface area contributed by atoms with E-state index < -0.39 is 23.5 Å². The number of benzene rings is 1. The largest absolute Gasteiger partial charge is 0.456 e. The van der Waals surface area contributed by atoms with Gasteiger partial charge in [0.1, 0.15) is 17.7 Å². The number of hydrogen-bond donors (Lipinski definition) is 1. The number of β-lactam (4-membered cyclic amide) rings is 1. The Balaban J connectivity index is 1.40. The summed E-state index contributed by atoms with van der Waals surface area (Å²) in [6.07, 6.45) is 1.88. The Morgan fingerprint density at radius 1 is 1.32 bits per heavy atom. The quantitative estimate of drug-likeness (QED) is 0.212. The van der Waals surface area contributed by atoms with Gasteiger partial charge >= 0.3 is 5.97 Å². The molecule has 4 rings (SSSR count). The maximum absolute atomic E-state index is 12.6. The van der Waals surface area contributed by atoms with Crippen LogP contribution in [-0.4, -0.2) is 49.9 Å². The van der Waals surface area contributed by atoms with Gasteiger partial charge in [-0.05, 0) is 35.2 Å². The number of esters is 1. The van der Waals surface area contributed by atoms with Crippen molar-refractivity contribution >= 4 is 45.7 Å². The highest BCUT2D eigenvalue weighted by molar-refractivity contribution is 8.14. The number of carbonyl (C=O) groups is 2. The average Bonchev–Trinajstić information content (AvgIpc) is 3.40. The van der Waals surface area contributed by atoms with Gasteiger partial charge in [-0.3, -0.25) is 24.8 Å².